The van der Waals surface area contributed by atoms with Gasteiger partial charge in [0.25, 0.3) is 5.91 Å². The lowest BCUT2D eigenvalue weighted by atomic mass is 10.1. The topological polar surface area (TPSA) is 84.5 Å². The molecule has 0 spiro atoms. The fourth-order valence-corrected chi connectivity index (χ4v) is 2.94. The van der Waals surface area contributed by atoms with Crippen LogP contribution in [0.3, 0.4) is 0 Å². The van der Waals surface area contributed by atoms with Crippen molar-refractivity contribution in [2.24, 2.45) is 0 Å². The highest BCUT2D eigenvalue weighted by Crippen LogP contribution is 2.23. The molecule has 6 heteroatoms. The molecule has 1 atom stereocenters. The molecule has 0 saturated carbocycles. The Labute approximate surface area is 168 Å². The van der Waals surface area contributed by atoms with Gasteiger partial charge in [0, 0.05) is 23.7 Å². The second kappa shape index (κ2) is 9.01. The van der Waals surface area contributed by atoms with E-state index in [1.54, 1.807) is 24.3 Å². The van der Waals surface area contributed by atoms with Crippen LogP contribution in [0.5, 0.6) is 0 Å². The molecule has 0 aliphatic carbocycles. The Balaban J connectivity index is 1.57. The van der Waals surface area contributed by atoms with Crippen LogP contribution in [0.2, 0.25) is 0 Å². The van der Waals surface area contributed by atoms with Gasteiger partial charge in [-0.25, -0.2) is 0 Å². The standard InChI is InChI=1S/C23H22N2O4/c1-15(23(28)25-21-9-5-7-18-6-3-4-8-20(18)21)29-22(27)14-17-10-12-19(13-11-17)24-16(2)26/h3-13,15H,14H2,1-2H3,(H,24,26)(H,25,28)/t15-/m1/s1. The Kier molecular flexibility index (Phi) is 6.24. The molecule has 0 radical (unpaired) electrons. The highest BCUT2D eigenvalue weighted by atomic mass is 16.5. The summed E-state index contributed by atoms with van der Waals surface area (Å²) in [5.74, 6) is -1.06. The van der Waals surface area contributed by atoms with Gasteiger partial charge in [0.15, 0.2) is 6.10 Å². The normalized spacial score (nSPS) is 11.5. The molecule has 2 amide bonds. The number of hydrogen-bond donors (Lipinski definition) is 2. The Bertz CT molecular complexity index is 1040. The summed E-state index contributed by atoms with van der Waals surface area (Å²) >= 11 is 0. The number of hydrogen-bond acceptors (Lipinski definition) is 4. The van der Waals surface area contributed by atoms with Gasteiger partial charge >= 0.3 is 5.97 Å². The summed E-state index contributed by atoms with van der Waals surface area (Å²) in [6.07, 6.45) is -0.896. The monoisotopic (exact) mass is 390 g/mol. The number of benzene rings is 3. The van der Waals surface area contributed by atoms with Crippen molar-refractivity contribution in [1.82, 2.24) is 0 Å². The van der Waals surface area contributed by atoms with Crippen molar-refractivity contribution in [3.63, 3.8) is 0 Å². The molecule has 2 N–H and O–H groups in total. The molecule has 29 heavy (non-hydrogen) atoms. The number of anilines is 2. The van der Waals surface area contributed by atoms with Crippen molar-refractivity contribution in [2.45, 2.75) is 26.4 Å². The number of ether oxygens (including phenoxy) is 1. The molecule has 0 fully saturated rings. The maximum Gasteiger partial charge on any atom is 0.311 e. The van der Waals surface area contributed by atoms with E-state index >= 15 is 0 Å². The van der Waals surface area contributed by atoms with E-state index in [4.69, 9.17) is 4.74 Å². The maximum absolute atomic E-state index is 12.5. The third kappa shape index (κ3) is 5.42. The lowest BCUT2D eigenvalue weighted by Crippen LogP contribution is -2.30. The Morgan fingerprint density at radius 1 is 0.897 bits per heavy atom. The van der Waals surface area contributed by atoms with Gasteiger partial charge in [0.1, 0.15) is 0 Å². The predicted octanol–water partition coefficient (Wildman–Crippen LogP) is 3.91. The van der Waals surface area contributed by atoms with Crippen LogP contribution in [-0.4, -0.2) is 23.9 Å². The number of nitrogens with one attached hydrogen (secondary N) is 2. The van der Waals surface area contributed by atoms with Crippen LogP contribution < -0.4 is 10.6 Å². The van der Waals surface area contributed by atoms with Crippen LogP contribution in [0.15, 0.2) is 66.7 Å². The zero-order valence-corrected chi connectivity index (χ0v) is 16.3. The van der Waals surface area contributed by atoms with Gasteiger partial charge in [-0.2, -0.15) is 0 Å². The third-order valence-corrected chi connectivity index (χ3v) is 4.35. The average Bonchev–Trinajstić information content (AvgIpc) is 2.69. The lowest BCUT2D eigenvalue weighted by Gasteiger charge is -2.15. The van der Waals surface area contributed by atoms with Crippen LogP contribution in [0.1, 0.15) is 19.4 Å². The smallest absolute Gasteiger partial charge is 0.311 e. The molecule has 0 saturated heterocycles. The van der Waals surface area contributed by atoms with E-state index in [9.17, 15) is 14.4 Å². The lowest BCUT2D eigenvalue weighted by molar-refractivity contribution is -0.152. The highest BCUT2D eigenvalue weighted by molar-refractivity contribution is 6.03. The molecule has 0 aromatic heterocycles. The third-order valence-electron chi connectivity index (χ3n) is 4.35. The number of esters is 1. The molecule has 6 nitrogen and oxygen atoms in total. The molecule has 0 aliphatic heterocycles. The molecule has 148 valence electrons. The van der Waals surface area contributed by atoms with E-state index in [0.717, 1.165) is 16.3 Å². The Hall–Kier alpha value is -3.67. The first-order chi connectivity index (χ1) is 13.9. The number of carbonyl (C=O) groups excluding carboxylic acids is 3. The molecule has 3 rings (SSSR count). The summed E-state index contributed by atoms with van der Waals surface area (Å²) < 4.78 is 5.27. The number of fused-ring (bicyclic) bond motifs is 1. The molecule has 0 bridgehead atoms. The molecule has 0 heterocycles. The summed E-state index contributed by atoms with van der Waals surface area (Å²) in [6, 6.07) is 20.2. The minimum absolute atomic E-state index is 0.0340. The summed E-state index contributed by atoms with van der Waals surface area (Å²) in [5, 5.41) is 7.41. The van der Waals surface area contributed by atoms with E-state index in [1.807, 2.05) is 42.5 Å². The predicted molar refractivity (Wildman–Crippen MR) is 113 cm³/mol. The zero-order valence-electron chi connectivity index (χ0n) is 16.3. The van der Waals surface area contributed by atoms with Crippen LogP contribution in [0.4, 0.5) is 11.4 Å². The van der Waals surface area contributed by atoms with Gasteiger partial charge in [0.05, 0.1) is 6.42 Å². The van der Waals surface area contributed by atoms with Crippen molar-refractivity contribution < 1.29 is 19.1 Å². The quantitative estimate of drug-likeness (QED) is 0.625. The van der Waals surface area contributed by atoms with Gasteiger partial charge in [-0.15, -0.1) is 0 Å². The first-order valence-corrected chi connectivity index (χ1v) is 9.27. The van der Waals surface area contributed by atoms with Crippen molar-refractivity contribution >= 4 is 39.9 Å². The van der Waals surface area contributed by atoms with E-state index in [1.165, 1.54) is 13.8 Å². The van der Waals surface area contributed by atoms with Gasteiger partial charge in [0.2, 0.25) is 5.91 Å². The number of amides is 2. The van der Waals surface area contributed by atoms with Gasteiger partial charge in [-0.05, 0) is 36.1 Å². The first kappa shape index (κ1) is 20.1. The van der Waals surface area contributed by atoms with Crippen LogP contribution in [-0.2, 0) is 25.5 Å². The summed E-state index contributed by atoms with van der Waals surface area (Å²) in [4.78, 5) is 35.7. The van der Waals surface area contributed by atoms with Crippen LogP contribution in [0.25, 0.3) is 10.8 Å². The van der Waals surface area contributed by atoms with E-state index in [-0.39, 0.29) is 12.3 Å². The number of rotatable bonds is 6. The van der Waals surface area contributed by atoms with Crippen molar-refractivity contribution in [2.75, 3.05) is 10.6 Å². The summed E-state index contributed by atoms with van der Waals surface area (Å²) in [6.45, 7) is 2.97. The van der Waals surface area contributed by atoms with Crippen LogP contribution >= 0.6 is 0 Å². The number of carbonyl (C=O) groups is 3. The van der Waals surface area contributed by atoms with E-state index < -0.39 is 18.0 Å². The fraction of sp³-hybridized carbons (Fsp3) is 0.174. The molecule has 3 aromatic rings. The maximum atomic E-state index is 12.5. The van der Waals surface area contributed by atoms with Crippen LogP contribution in [0, 0.1) is 0 Å². The Morgan fingerprint density at radius 2 is 1.59 bits per heavy atom. The summed E-state index contributed by atoms with van der Waals surface area (Å²) in [5.41, 5.74) is 2.05. The molecule has 0 aliphatic rings. The van der Waals surface area contributed by atoms with Gasteiger partial charge in [-0.3, -0.25) is 14.4 Å². The highest BCUT2D eigenvalue weighted by Gasteiger charge is 2.19. The second-order valence-corrected chi connectivity index (χ2v) is 6.70. The largest absolute Gasteiger partial charge is 0.452 e. The Morgan fingerprint density at radius 3 is 2.31 bits per heavy atom. The molecular weight excluding hydrogens is 368 g/mol. The minimum Gasteiger partial charge on any atom is -0.452 e. The molecular formula is C23H22N2O4. The second-order valence-electron chi connectivity index (χ2n) is 6.70. The zero-order chi connectivity index (χ0) is 20.8. The van der Waals surface area contributed by atoms with Crippen molar-refractivity contribution in [1.29, 1.82) is 0 Å². The fourth-order valence-electron chi connectivity index (χ4n) is 2.94. The van der Waals surface area contributed by atoms with E-state index in [0.29, 0.717) is 11.4 Å². The van der Waals surface area contributed by atoms with E-state index in [2.05, 4.69) is 10.6 Å². The molecule has 3 aromatic carbocycles. The van der Waals surface area contributed by atoms with Crippen molar-refractivity contribution in [3.05, 3.63) is 72.3 Å². The minimum atomic E-state index is -0.930. The average molecular weight is 390 g/mol. The van der Waals surface area contributed by atoms with Gasteiger partial charge in [-0.1, -0.05) is 48.5 Å². The first-order valence-electron chi connectivity index (χ1n) is 9.27. The van der Waals surface area contributed by atoms with Gasteiger partial charge < -0.3 is 15.4 Å². The molecule has 0 unspecified atom stereocenters. The summed E-state index contributed by atoms with van der Waals surface area (Å²) in [7, 11) is 0. The van der Waals surface area contributed by atoms with Crippen molar-refractivity contribution in [3.8, 4) is 0 Å². The SMILES string of the molecule is CC(=O)Nc1ccc(CC(=O)O[C@H](C)C(=O)Nc2cccc3ccccc23)cc1.